The number of nitrogens with zero attached hydrogens (tertiary/aromatic N) is 3. The Labute approximate surface area is 220 Å². The van der Waals surface area contributed by atoms with Crippen molar-refractivity contribution in [3.8, 4) is 6.07 Å². The number of amides is 2. The molecule has 37 heavy (non-hydrogen) atoms. The van der Waals surface area contributed by atoms with Crippen LogP contribution in [-0.4, -0.2) is 88.3 Å². The van der Waals surface area contributed by atoms with Gasteiger partial charge in [0.05, 0.1) is 29.3 Å². The Hall–Kier alpha value is -2.46. The Morgan fingerprint density at radius 2 is 2.05 bits per heavy atom. The first-order chi connectivity index (χ1) is 17.5. The molecule has 2 aliphatic rings. The maximum atomic E-state index is 13.6. The highest BCUT2D eigenvalue weighted by atomic mass is 32.2. The van der Waals surface area contributed by atoms with Crippen molar-refractivity contribution >= 4 is 35.0 Å². The predicted molar refractivity (Wildman–Crippen MR) is 140 cm³/mol. The van der Waals surface area contributed by atoms with Gasteiger partial charge >= 0.3 is 0 Å². The van der Waals surface area contributed by atoms with Crippen LogP contribution in [0.5, 0.6) is 0 Å². The SMILES string of the molecule is CCNC(=O)C(C#N)C1S[C@@](C)(CNc2cccc(NC(=O)CN3CCCC(F)(F)C3)c2)C(O)N1CC. The number of carbonyl (C=O) groups is 2. The zero-order valence-electron chi connectivity index (χ0n) is 21.5. The maximum Gasteiger partial charge on any atom is 0.260 e. The first-order valence-corrected chi connectivity index (χ1v) is 13.4. The molecule has 204 valence electrons. The highest BCUT2D eigenvalue weighted by Crippen LogP contribution is 2.46. The summed E-state index contributed by atoms with van der Waals surface area (Å²) in [5, 5.41) is 29.0. The van der Waals surface area contributed by atoms with Gasteiger partial charge in [-0.3, -0.25) is 19.4 Å². The summed E-state index contributed by atoms with van der Waals surface area (Å²) in [6, 6.07) is 9.12. The molecule has 9 nitrogen and oxygen atoms in total. The van der Waals surface area contributed by atoms with Gasteiger partial charge in [0.1, 0.15) is 12.1 Å². The molecule has 2 saturated heterocycles. The minimum Gasteiger partial charge on any atom is -0.383 e. The molecule has 2 amide bonds. The first-order valence-electron chi connectivity index (χ1n) is 12.5. The second-order valence-corrected chi connectivity index (χ2v) is 11.3. The lowest BCUT2D eigenvalue weighted by atomic mass is 10.1. The molecule has 3 rings (SSSR count). The second-order valence-electron chi connectivity index (χ2n) is 9.68. The number of nitriles is 1. The van der Waals surface area contributed by atoms with E-state index in [4.69, 9.17) is 0 Å². The summed E-state index contributed by atoms with van der Waals surface area (Å²) in [7, 11) is 0. The molecular formula is C25H36F2N6O3S. The molecule has 2 heterocycles. The highest BCUT2D eigenvalue weighted by Gasteiger charge is 2.52. The summed E-state index contributed by atoms with van der Waals surface area (Å²) in [5.41, 5.74) is 1.22. The van der Waals surface area contributed by atoms with Gasteiger partial charge < -0.3 is 21.1 Å². The van der Waals surface area contributed by atoms with Gasteiger partial charge in [0.2, 0.25) is 11.8 Å². The Kier molecular flexibility index (Phi) is 9.74. The van der Waals surface area contributed by atoms with Crippen LogP contribution in [0.1, 0.15) is 33.6 Å². The van der Waals surface area contributed by atoms with Crippen molar-refractivity contribution < 1.29 is 23.5 Å². The quantitative estimate of drug-likeness (QED) is 0.359. The number of carbonyl (C=O) groups excluding carboxylic acids is 2. The van der Waals surface area contributed by atoms with Gasteiger partial charge in [-0.15, -0.1) is 11.8 Å². The number of benzene rings is 1. The summed E-state index contributed by atoms with van der Waals surface area (Å²) in [4.78, 5) is 28.1. The van der Waals surface area contributed by atoms with E-state index in [-0.39, 0.29) is 24.8 Å². The third-order valence-corrected chi connectivity index (χ3v) is 8.31. The molecule has 2 fully saturated rings. The predicted octanol–water partition coefficient (Wildman–Crippen LogP) is 2.52. The molecule has 0 saturated carbocycles. The zero-order valence-corrected chi connectivity index (χ0v) is 22.3. The Morgan fingerprint density at radius 3 is 2.70 bits per heavy atom. The number of alkyl halides is 2. The number of nitrogens with one attached hydrogen (secondary N) is 3. The van der Waals surface area contributed by atoms with E-state index in [9.17, 15) is 28.7 Å². The molecule has 2 aliphatic heterocycles. The van der Waals surface area contributed by atoms with E-state index in [2.05, 4.69) is 22.0 Å². The zero-order chi connectivity index (χ0) is 27.2. The van der Waals surface area contributed by atoms with Crippen LogP contribution in [0, 0.1) is 17.2 Å². The number of aliphatic hydroxyl groups is 1. The van der Waals surface area contributed by atoms with Crippen LogP contribution in [-0.2, 0) is 9.59 Å². The highest BCUT2D eigenvalue weighted by molar-refractivity contribution is 8.01. The van der Waals surface area contributed by atoms with Gasteiger partial charge in [-0.05, 0) is 51.6 Å². The van der Waals surface area contributed by atoms with Gasteiger partial charge in [-0.1, -0.05) is 13.0 Å². The summed E-state index contributed by atoms with van der Waals surface area (Å²) in [6.07, 6.45) is -0.683. The number of anilines is 2. The van der Waals surface area contributed by atoms with E-state index < -0.39 is 34.7 Å². The van der Waals surface area contributed by atoms with Crippen LogP contribution in [0.25, 0.3) is 0 Å². The maximum absolute atomic E-state index is 13.6. The molecule has 3 unspecified atom stereocenters. The Balaban J connectivity index is 1.61. The molecule has 1 aromatic carbocycles. The fourth-order valence-electron chi connectivity index (χ4n) is 4.75. The van der Waals surface area contributed by atoms with Crippen molar-refractivity contribution in [1.82, 2.24) is 15.1 Å². The molecule has 0 bridgehead atoms. The van der Waals surface area contributed by atoms with Gasteiger partial charge in [0.15, 0.2) is 0 Å². The molecule has 0 aliphatic carbocycles. The average molecular weight is 539 g/mol. The number of hydrogen-bond acceptors (Lipinski definition) is 8. The van der Waals surface area contributed by atoms with E-state index in [1.807, 2.05) is 19.9 Å². The van der Waals surface area contributed by atoms with Gasteiger partial charge in [0, 0.05) is 30.9 Å². The number of thioether (sulfide) groups is 1. The second kappa shape index (κ2) is 12.4. The average Bonchev–Trinajstić information content (AvgIpc) is 3.08. The van der Waals surface area contributed by atoms with E-state index in [1.54, 1.807) is 30.0 Å². The number of piperidine rings is 1. The molecule has 4 atom stereocenters. The lowest BCUT2D eigenvalue weighted by Gasteiger charge is -2.31. The Morgan fingerprint density at radius 1 is 1.32 bits per heavy atom. The molecule has 0 radical (unpaired) electrons. The summed E-state index contributed by atoms with van der Waals surface area (Å²) >= 11 is 1.39. The van der Waals surface area contributed by atoms with Crippen LogP contribution in [0.15, 0.2) is 24.3 Å². The Bertz CT molecular complexity index is 1010. The molecule has 1 aromatic rings. The van der Waals surface area contributed by atoms with Crippen LogP contribution >= 0.6 is 11.8 Å². The first kappa shape index (κ1) is 29.1. The van der Waals surface area contributed by atoms with Crippen molar-refractivity contribution in [2.75, 3.05) is 49.9 Å². The topological polar surface area (TPSA) is 121 Å². The van der Waals surface area contributed by atoms with Crippen molar-refractivity contribution in [2.45, 2.75) is 55.9 Å². The van der Waals surface area contributed by atoms with Crippen molar-refractivity contribution in [3.63, 3.8) is 0 Å². The molecule has 0 spiro atoms. The number of likely N-dealkylation sites (tertiary alicyclic amines) is 1. The smallest absolute Gasteiger partial charge is 0.260 e. The number of aliphatic hydroxyl groups excluding tert-OH is 1. The fourth-order valence-corrected chi connectivity index (χ4v) is 6.43. The van der Waals surface area contributed by atoms with Crippen LogP contribution in [0.4, 0.5) is 20.2 Å². The number of halogens is 2. The molecule has 4 N–H and O–H groups in total. The van der Waals surface area contributed by atoms with Crippen LogP contribution in [0.2, 0.25) is 0 Å². The summed E-state index contributed by atoms with van der Waals surface area (Å²) in [5.74, 6) is -4.42. The lowest BCUT2D eigenvalue weighted by Crippen LogP contribution is -2.48. The molecule has 0 aromatic heterocycles. The monoisotopic (exact) mass is 538 g/mol. The standard InChI is InChI=1S/C25H36F2N6O3S/c1-4-29-21(35)19(13-28)22-33(5-2)23(36)24(3,37-22)15-30-17-8-6-9-18(12-17)31-20(34)14-32-11-7-10-25(26,27)16-32/h6,8-9,12,19,22-23,30,36H,4-5,7,10-11,14-16H2,1-3H3,(H,29,35)(H,31,34)/t19?,22?,23?,24-/m0/s1. The number of hydrogen-bond donors (Lipinski definition) is 4. The van der Waals surface area contributed by atoms with E-state index >= 15 is 0 Å². The lowest BCUT2D eigenvalue weighted by molar-refractivity contribution is -0.125. The third-order valence-electron chi connectivity index (χ3n) is 6.63. The fraction of sp³-hybridized carbons (Fsp3) is 0.640. The molecule has 12 heteroatoms. The normalized spacial score (nSPS) is 26.7. The van der Waals surface area contributed by atoms with Gasteiger partial charge in [0.25, 0.3) is 5.92 Å². The summed E-state index contributed by atoms with van der Waals surface area (Å²) in [6.45, 7) is 6.71. The minimum atomic E-state index is -2.76. The molecular weight excluding hydrogens is 502 g/mol. The van der Waals surface area contributed by atoms with Crippen molar-refractivity contribution in [1.29, 1.82) is 5.26 Å². The van der Waals surface area contributed by atoms with Crippen LogP contribution < -0.4 is 16.0 Å². The minimum absolute atomic E-state index is 0.103. The third kappa shape index (κ3) is 7.31. The largest absolute Gasteiger partial charge is 0.383 e. The summed E-state index contributed by atoms with van der Waals surface area (Å²) < 4.78 is 26.5. The van der Waals surface area contributed by atoms with Crippen LogP contribution in [0.3, 0.4) is 0 Å². The number of rotatable bonds is 10. The van der Waals surface area contributed by atoms with Crippen molar-refractivity contribution in [2.24, 2.45) is 5.92 Å². The van der Waals surface area contributed by atoms with Gasteiger partial charge in [-0.2, -0.15) is 5.26 Å². The van der Waals surface area contributed by atoms with E-state index in [1.165, 1.54) is 16.7 Å². The van der Waals surface area contributed by atoms with E-state index in [0.717, 1.165) is 0 Å². The van der Waals surface area contributed by atoms with Crippen molar-refractivity contribution in [3.05, 3.63) is 24.3 Å². The van der Waals surface area contributed by atoms with E-state index in [0.29, 0.717) is 44.0 Å². The van der Waals surface area contributed by atoms with Gasteiger partial charge in [-0.25, -0.2) is 8.78 Å².